The van der Waals surface area contributed by atoms with Crippen LogP contribution in [0.2, 0.25) is 0 Å². The number of nitrogens with zero attached hydrogens (tertiary/aromatic N) is 3. The summed E-state index contributed by atoms with van der Waals surface area (Å²) in [6.45, 7) is 0. The molecule has 0 aliphatic rings. The first-order valence-electron chi connectivity index (χ1n) is 5.43. The van der Waals surface area contributed by atoms with Crippen LogP contribution in [0.25, 0.3) is 21.8 Å². The predicted octanol–water partition coefficient (Wildman–Crippen LogP) is 3.97. The number of benzene rings is 1. The number of hydrogen-bond acceptors (Lipinski definition) is 3. The van der Waals surface area contributed by atoms with Gasteiger partial charge in [0, 0.05) is 34.2 Å². The Labute approximate surface area is 117 Å². The summed E-state index contributed by atoms with van der Waals surface area (Å²) >= 11 is 5.19. The maximum absolute atomic E-state index is 4.66. The van der Waals surface area contributed by atoms with Gasteiger partial charge in [-0.15, -0.1) is 11.3 Å². The minimum absolute atomic E-state index is 0.992. The van der Waals surface area contributed by atoms with Gasteiger partial charge in [0.15, 0.2) is 0 Å². The standard InChI is InChI=1S/C13H10BrN3S/c1-17-7-9(6-15-17)13-16-12(8-18-13)10-4-2-3-5-11(10)14/h2-8H,1H3. The summed E-state index contributed by atoms with van der Waals surface area (Å²) in [6.07, 6.45) is 3.81. The fourth-order valence-electron chi connectivity index (χ4n) is 1.73. The van der Waals surface area contributed by atoms with Crippen molar-refractivity contribution >= 4 is 27.3 Å². The van der Waals surface area contributed by atoms with E-state index in [2.05, 4.69) is 37.5 Å². The lowest BCUT2D eigenvalue weighted by Crippen LogP contribution is -1.84. The molecule has 0 bridgehead atoms. The number of halogens is 1. The van der Waals surface area contributed by atoms with E-state index < -0.39 is 0 Å². The van der Waals surface area contributed by atoms with Gasteiger partial charge in [0.2, 0.25) is 0 Å². The van der Waals surface area contributed by atoms with Crippen molar-refractivity contribution in [2.75, 3.05) is 0 Å². The van der Waals surface area contributed by atoms with Gasteiger partial charge >= 0.3 is 0 Å². The highest BCUT2D eigenvalue weighted by atomic mass is 79.9. The van der Waals surface area contributed by atoms with Crippen molar-refractivity contribution in [1.82, 2.24) is 14.8 Å². The van der Waals surface area contributed by atoms with E-state index in [1.165, 1.54) is 0 Å². The van der Waals surface area contributed by atoms with E-state index in [1.54, 1.807) is 16.0 Å². The van der Waals surface area contributed by atoms with Crippen molar-refractivity contribution in [2.45, 2.75) is 0 Å². The zero-order valence-electron chi connectivity index (χ0n) is 9.67. The lowest BCUT2D eigenvalue weighted by atomic mass is 10.2. The predicted molar refractivity (Wildman–Crippen MR) is 77.5 cm³/mol. The monoisotopic (exact) mass is 319 g/mol. The molecule has 0 amide bonds. The number of hydrogen-bond donors (Lipinski definition) is 0. The summed E-state index contributed by atoms with van der Waals surface area (Å²) in [5.74, 6) is 0. The Bertz CT molecular complexity index is 687. The second-order valence-corrected chi connectivity index (χ2v) is 5.63. The molecule has 0 radical (unpaired) electrons. The van der Waals surface area contributed by atoms with E-state index >= 15 is 0 Å². The quantitative estimate of drug-likeness (QED) is 0.715. The number of aryl methyl sites for hydroxylation is 1. The average molecular weight is 320 g/mol. The molecule has 90 valence electrons. The molecule has 3 nitrogen and oxygen atoms in total. The van der Waals surface area contributed by atoms with Crippen LogP contribution in [0.4, 0.5) is 0 Å². The van der Waals surface area contributed by atoms with Crippen molar-refractivity contribution in [3.05, 3.63) is 46.5 Å². The minimum Gasteiger partial charge on any atom is -0.275 e. The molecular weight excluding hydrogens is 310 g/mol. The Hall–Kier alpha value is -1.46. The SMILES string of the molecule is Cn1cc(-c2nc(-c3ccccc3Br)cs2)cn1. The second-order valence-electron chi connectivity index (χ2n) is 3.92. The molecule has 0 spiro atoms. The normalized spacial score (nSPS) is 10.8. The van der Waals surface area contributed by atoms with Crippen LogP contribution in [0.1, 0.15) is 0 Å². The molecule has 3 aromatic rings. The van der Waals surface area contributed by atoms with Crippen molar-refractivity contribution in [1.29, 1.82) is 0 Å². The molecule has 2 heterocycles. The molecule has 1 aromatic carbocycles. The van der Waals surface area contributed by atoms with Crippen LogP contribution >= 0.6 is 27.3 Å². The zero-order valence-corrected chi connectivity index (χ0v) is 12.1. The van der Waals surface area contributed by atoms with Gasteiger partial charge in [-0.25, -0.2) is 4.98 Å². The van der Waals surface area contributed by atoms with Crippen molar-refractivity contribution in [2.24, 2.45) is 7.05 Å². The highest BCUT2D eigenvalue weighted by molar-refractivity contribution is 9.10. The van der Waals surface area contributed by atoms with Crippen LogP contribution in [0, 0.1) is 0 Å². The highest BCUT2D eigenvalue weighted by Gasteiger charge is 2.09. The first-order chi connectivity index (χ1) is 8.74. The van der Waals surface area contributed by atoms with Crippen LogP contribution in [-0.2, 0) is 7.05 Å². The largest absolute Gasteiger partial charge is 0.275 e. The molecule has 2 aromatic heterocycles. The topological polar surface area (TPSA) is 30.7 Å². The van der Waals surface area contributed by atoms with E-state index in [1.807, 2.05) is 37.6 Å². The molecule has 0 N–H and O–H groups in total. The molecular formula is C13H10BrN3S. The summed E-state index contributed by atoms with van der Waals surface area (Å²) < 4.78 is 2.85. The molecule has 0 aliphatic heterocycles. The van der Waals surface area contributed by atoms with Gasteiger partial charge in [-0.2, -0.15) is 5.10 Å². The second kappa shape index (κ2) is 4.66. The molecule has 0 aliphatic carbocycles. The van der Waals surface area contributed by atoms with Crippen molar-refractivity contribution in [3.63, 3.8) is 0 Å². The van der Waals surface area contributed by atoms with Gasteiger partial charge < -0.3 is 0 Å². The third kappa shape index (κ3) is 2.11. The average Bonchev–Trinajstić information content (AvgIpc) is 2.98. The van der Waals surface area contributed by atoms with E-state index in [0.29, 0.717) is 0 Å². The number of rotatable bonds is 2. The molecule has 18 heavy (non-hydrogen) atoms. The molecule has 3 rings (SSSR count). The Morgan fingerprint density at radius 3 is 2.83 bits per heavy atom. The van der Waals surface area contributed by atoms with Crippen molar-refractivity contribution < 1.29 is 0 Å². The molecule has 0 fully saturated rings. The third-order valence-corrected chi connectivity index (χ3v) is 4.19. The summed E-state index contributed by atoms with van der Waals surface area (Å²) in [6, 6.07) is 8.11. The fraction of sp³-hybridized carbons (Fsp3) is 0.0769. The first-order valence-corrected chi connectivity index (χ1v) is 7.11. The van der Waals surface area contributed by atoms with Gasteiger partial charge in [-0.1, -0.05) is 34.1 Å². The lowest BCUT2D eigenvalue weighted by molar-refractivity contribution is 0.768. The van der Waals surface area contributed by atoms with Gasteiger partial charge in [0.1, 0.15) is 5.01 Å². The van der Waals surface area contributed by atoms with Gasteiger partial charge in [0.05, 0.1) is 11.9 Å². The Morgan fingerprint density at radius 2 is 2.11 bits per heavy atom. The van der Waals surface area contributed by atoms with E-state index in [9.17, 15) is 0 Å². The van der Waals surface area contributed by atoms with E-state index in [4.69, 9.17) is 0 Å². The van der Waals surface area contributed by atoms with E-state index in [-0.39, 0.29) is 0 Å². The summed E-state index contributed by atoms with van der Waals surface area (Å²) in [7, 11) is 1.91. The maximum Gasteiger partial charge on any atom is 0.127 e. The minimum atomic E-state index is 0.992. The summed E-state index contributed by atoms with van der Waals surface area (Å²) in [4.78, 5) is 4.66. The van der Waals surface area contributed by atoms with Crippen LogP contribution in [-0.4, -0.2) is 14.8 Å². The first kappa shape index (κ1) is 11.6. The molecule has 0 saturated carbocycles. The Morgan fingerprint density at radius 1 is 1.28 bits per heavy atom. The smallest absolute Gasteiger partial charge is 0.127 e. The van der Waals surface area contributed by atoms with Crippen LogP contribution < -0.4 is 0 Å². The van der Waals surface area contributed by atoms with Gasteiger partial charge in [-0.05, 0) is 6.07 Å². The molecule has 0 saturated heterocycles. The van der Waals surface area contributed by atoms with E-state index in [0.717, 1.165) is 26.3 Å². The third-order valence-electron chi connectivity index (χ3n) is 2.61. The highest BCUT2D eigenvalue weighted by Crippen LogP contribution is 2.32. The Kier molecular flexibility index (Phi) is 3.01. The maximum atomic E-state index is 4.66. The van der Waals surface area contributed by atoms with Crippen LogP contribution in [0.5, 0.6) is 0 Å². The zero-order chi connectivity index (χ0) is 12.5. The number of aromatic nitrogens is 3. The van der Waals surface area contributed by atoms with Crippen LogP contribution in [0.3, 0.4) is 0 Å². The lowest BCUT2D eigenvalue weighted by Gasteiger charge is -1.98. The van der Waals surface area contributed by atoms with Crippen LogP contribution in [0.15, 0.2) is 46.5 Å². The van der Waals surface area contributed by atoms with Crippen molar-refractivity contribution in [3.8, 4) is 21.8 Å². The summed E-state index contributed by atoms with van der Waals surface area (Å²) in [5, 5.41) is 7.23. The molecule has 0 atom stereocenters. The summed E-state index contributed by atoms with van der Waals surface area (Å²) in [5.41, 5.74) is 3.16. The molecule has 0 unspecified atom stereocenters. The number of thiazole rings is 1. The fourth-order valence-corrected chi connectivity index (χ4v) is 3.01. The van der Waals surface area contributed by atoms with Gasteiger partial charge in [0.25, 0.3) is 0 Å². The molecule has 5 heteroatoms. The van der Waals surface area contributed by atoms with Gasteiger partial charge in [-0.3, -0.25) is 4.68 Å². The Balaban J connectivity index is 2.02.